The van der Waals surface area contributed by atoms with E-state index in [0.717, 1.165) is 24.5 Å². The Morgan fingerprint density at radius 3 is 3.00 bits per heavy atom. The highest BCUT2D eigenvalue weighted by atomic mass is 35.5. The van der Waals surface area contributed by atoms with Crippen LogP contribution in [0.1, 0.15) is 18.1 Å². The van der Waals surface area contributed by atoms with Crippen molar-refractivity contribution in [2.45, 2.75) is 26.3 Å². The van der Waals surface area contributed by atoms with Crippen LogP contribution < -0.4 is 9.64 Å². The summed E-state index contributed by atoms with van der Waals surface area (Å²) in [5, 5.41) is 4.92. The summed E-state index contributed by atoms with van der Waals surface area (Å²) in [5.74, 6) is 2.23. The van der Waals surface area contributed by atoms with E-state index in [0.29, 0.717) is 23.0 Å². The van der Waals surface area contributed by atoms with Crippen LogP contribution in [0.25, 0.3) is 0 Å². The zero-order valence-corrected chi connectivity index (χ0v) is 14.2. The molecule has 23 heavy (non-hydrogen) atoms. The van der Waals surface area contributed by atoms with Gasteiger partial charge in [0.2, 0.25) is 5.91 Å². The fourth-order valence-electron chi connectivity index (χ4n) is 2.95. The molecule has 1 aliphatic rings. The number of aromatic nitrogens is 3. The van der Waals surface area contributed by atoms with Crippen molar-refractivity contribution in [3.8, 4) is 5.75 Å². The van der Waals surface area contributed by atoms with Crippen LogP contribution in [0.3, 0.4) is 0 Å². The smallest absolute Gasteiger partial charge is 0.231 e. The van der Waals surface area contributed by atoms with Crippen molar-refractivity contribution in [3.05, 3.63) is 34.9 Å². The Labute approximate surface area is 140 Å². The molecule has 7 heteroatoms. The normalized spacial score (nSPS) is 16.8. The summed E-state index contributed by atoms with van der Waals surface area (Å²) < 4.78 is 7.18. The van der Waals surface area contributed by atoms with Gasteiger partial charge in [-0.1, -0.05) is 11.6 Å². The minimum absolute atomic E-state index is 0.0318. The van der Waals surface area contributed by atoms with Crippen LogP contribution in [-0.4, -0.2) is 34.8 Å². The first-order chi connectivity index (χ1) is 11.0. The minimum Gasteiger partial charge on any atom is -0.495 e. The van der Waals surface area contributed by atoms with Crippen molar-refractivity contribution in [1.29, 1.82) is 0 Å². The van der Waals surface area contributed by atoms with E-state index in [2.05, 4.69) is 10.1 Å². The number of methoxy groups -OCH3 is 1. The highest BCUT2D eigenvalue weighted by Gasteiger charge is 2.30. The Balaban J connectivity index is 1.82. The van der Waals surface area contributed by atoms with Gasteiger partial charge >= 0.3 is 0 Å². The molecule has 0 radical (unpaired) electrons. The van der Waals surface area contributed by atoms with Gasteiger partial charge in [-0.05, 0) is 31.5 Å². The number of rotatable bonds is 3. The fourth-order valence-corrected chi connectivity index (χ4v) is 3.12. The molecular weight excluding hydrogens is 316 g/mol. The highest BCUT2D eigenvalue weighted by Crippen LogP contribution is 2.32. The van der Waals surface area contributed by atoms with Crippen molar-refractivity contribution >= 4 is 23.2 Å². The Bertz CT molecular complexity index is 744. The summed E-state index contributed by atoms with van der Waals surface area (Å²) >= 11 is 6.06. The van der Waals surface area contributed by atoms with Crippen LogP contribution >= 0.6 is 11.6 Å². The lowest BCUT2D eigenvalue weighted by molar-refractivity contribution is -0.123. The van der Waals surface area contributed by atoms with Crippen molar-refractivity contribution in [2.75, 3.05) is 19.1 Å². The molecule has 1 atom stereocenters. The largest absolute Gasteiger partial charge is 0.495 e. The second kappa shape index (κ2) is 6.20. The standard InChI is InChI=1S/C16H19ClN4O2/c1-10-18-15-7-4-11(9-21(15)19-10)16(22)20(2)13-8-12(17)5-6-14(13)23-3/h5-6,8,11H,4,7,9H2,1-3H3. The lowest BCUT2D eigenvalue weighted by atomic mass is 9.98. The molecule has 0 saturated heterocycles. The molecule has 1 unspecified atom stereocenters. The molecule has 0 saturated carbocycles. The first kappa shape index (κ1) is 15.8. The minimum atomic E-state index is -0.128. The van der Waals surface area contributed by atoms with Gasteiger partial charge in [0.25, 0.3) is 0 Å². The van der Waals surface area contributed by atoms with Gasteiger partial charge in [-0.3, -0.25) is 4.79 Å². The molecule has 0 spiro atoms. The van der Waals surface area contributed by atoms with Crippen LogP contribution in [0.15, 0.2) is 18.2 Å². The van der Waals surface area contributed by atoms with Crippen LogP contribution in [0.5, 0.6) is 5.75 Å². The predicted octanol–water partition coefficient (Wildman–Crippen LogP) is 2.47. The average molecular weight is 335 g/mol. The van der Waals surface area contributed by atoms with Gasteiger partial charge in [-0.25, -0.2) is 9.67 Å². The number of amides is 1. The number of anilines is 1. The van der Waals surface area contributed by atoms with Crippen molar-refractivity contribution in [2.24, 2.45) is 5.92 Å². The molecule has 0 fully saturated rings. The number of fused-ring (bicyclic) bond motifs is 1. The fraction of sp³-hybridized carbons (Fsp3) is 0.438. The summed E-state index contributed by atoms with van der Waals surface area (Å²) in [6.07, 6.45) is 1.53. The number of halogens is 1. The number of ether oxygens (including phenoxy) is 1. The Morgan fingerprint density at radius 1 is 1.48 bits per heavy atom. The lowest BCUT2D eigenvalue weighted by Crippen LogP contribution is -2.38. The first-order valence-electron chi connectivity index (χ1n) is 7.51. The van der Waals surface area contributed by atoms with Gasteiger partial charge < -0.3 is 9.64 Å². The number of aryl methyl sites for hydroxylation is 2. The molecule has 0 N–H and O–H groups in total. The second-order valence-corrected chi connectivity index (χ2v) is 6.14. The SMILES string of the molecule is COc1ccc(Cl)cc1N(C)C(=O)C1CCc2nc(C)nn2C1. The maximum Gasteiger partial charge on any atom is 0.231 e. The molecular formula is C16H19ClN4O2. The molecule has 122 valence electrons. The summed E-state index contributed by atoms with van der Waals surface area (Å²) in [6, 6.07) is 5.25. The molecule has 2 aromatic rings. The molecule has 6 nitrogen and oxygen atoms in total. The van der Waals surface area contributed by atoms with Crippen molar-refractivity contribution < 1.29 is 9.53 Å². The number of hydrogen-bond acceptors (Lipinski definition) is 4. The highest BCUT2D eigenvalue weighted by molar-refractivity contribution is 6.31. The van der Waals surface area contributed by atoms with Crippen LogP contribution in [0.4, 0.5) is 5.69 Å². The Morgan fingerprint density at radius 2 is 2.26 bits per heavy atom. The van der Waals surface area contributed by atoms with E-state index in [-0.39, 0.29) is 11.8 Å². The summed E-state index contributed by atoms with van der Waals surface area (Å²) in [7, 11) is 3.33. The number of hydrogen-bond donors (Lipinski definition) is 0. The zero-order valence-electron chi connectivity index (χ0n) is 13.4. The van der Waals surface area contributed by atoms with Crippen LogP contribution in [-0.2, 0) is 17.8 Å². The summed E-state index contributed by atoms with van der Waals surface area (Å²) in [4.78, 5) is 18.9. The first-order valence-corrected chi connectivity index (χ1v) is 7.89. The third-order valence-electron chi connectivity index (χ3n) is 4.15. The monoisotopic (exact) mass is 334 g/mol. The molecule has 2 heterocycles. The van der Waals surface area contributed by atoms with Gasteiger partial charge in [0.1, 0.15) is 17.4 Å². The lowest BCUT2D eigenvalue weighted by Gasteiger charge is -2.27. The Kier molecular flexibility index (Phi) is 4.26. The summed E-state index contributed by atoms with van der Waals surface area (Å²) in [6.45, 7) is 2.42. The van der Waals surface area contributed by atoms with E-state index < -0.39 is 0 Å². The second-order valence-electron chi connectivity index (χ2n) is 5.71. The topological polar surface area (TPSA) is 60.2 Å². The van der Waals surface area contributed by atoms with Gasteiger partial charge in [0.15, 0.2) is 0 Å². The van der Waals surface area contributed by atoms with E-state index in [1.54, 1.807) is 37.3 Å². The number of nitrogens with zero attached hydrogens (tertiary/aromatic N) is 4. The maximum atomic E-state index is 12.9. The molecule has 1 aromatic heterocycles. The molecule has 1 amide bonds. The van der Waals surface area contributed by atoms with E-state index in [9.17, 15) is 4.79 Å². The number of benzene rings is 1. The molecule has 0 bridgehead atoms. The van der Waals surface area contributed by atoms with E-state index >= 15 is 0 Å². The molecule has 3 rings (SSSR count). The van der Waals surface area contributed by atoms with Gasteiger partial charge in [-0.15, -0.1) is 0 Å². The van der Waals surface area contributed by atoms with Crippen LogP contribution in [0, 0.1) is 12.8 Å². The number of carbonyl (C=O) groups is 1. The molecule has 0 aliphatic carbocycles. The molecule has 1 aliphatic heterocycles. The average Bonchev–Trinajstić information content (AvgIpc) is 2.92. The van der Waals surface area contributed by atoms with Crippen molar-refractivity contribution in [3.63, 3.8) is 0 Å². The van der Waals surface area contributed by atoms with Gasteiger partial charge in [0, 0.05) is 18.5 Å². The number of carbonyl (C=O) groups excluding carboxylic acids is 1. The van der Waals surface area contributed by atoms with Gasteiger partial charge in [-0.2, -0.15) is 5.10 Å². The quantitative estimate of drug-likeness (QED) is 0.865. The maximum absolute atomic E-state index is 12.9. The van der Waals surface area contributed by atoms with E-state index in [1.807, 2.05) is 11.6 Å². The van der Waals surface area contributed by atoms with E-state index in [1.165, 1.54) is 0 Å². The molecule has 1 aromatic carbocycles. The van der Waals surface area contributed by atoms with Crippen molar-refractivity contribution in [1.82, 2.24) is 14.8 Å². The predicted molar refractivity (Wildman–Crippen MR) is 88.0 cm³/mol. The van der Waals surface area contributed by atoms with Gasteiger partial charge in [0.05, 0.1) is 25.3 Å². The Hall–Kier alpha value is -2.08. The zero-order chi connectivity index (χ0) is 16.6. The third-order valence-corrected chi connectivity index (χ3v) is 4.38. The van der Waals surface area contributed by atoms with E-state index in [4.69, 9.17) is 16.3 Å². The summed E-state index contributed by atoms with van der Waals surface area (Å²) in [5.41, 5.74) is 0.672. The van der Waals surface area contributed by atoms with Crippen LogP contribution in [0.2, 0.25) is 5.02 Å². The third kappa shape index (κ3) is 3.03.